The van der Waals surface area contributed by atoms with Gasteiger partial charge in [-0.25, -0.2) is 0 Å². The minimum Gasteiger partial charge on any atom is -0.503 e. The van der Waals surface area contributed by atoms with Gasteiger partial charge in [0.2, 0.25) is 5.43 Å². The fourth-order valence-corrected chi connectivity index (χ4v) is 4.85. The average Bonchev–Trinajstić information content (AvgIpc) is 2.90. The Morgan fingerprint density at radius 3 is 2.07 bits per heavy atom. The van der Waals surface area contributed by atoms with Crippen LogP contribution in [0.3, 0.4) is 0 Å². The number of benzene rings is 2. The summed E-state index contributed by atoms with van der Waals surface area (Å²) in [6.07, 6.45) is 3.50. The highest BCUT2D eigenvalue weighted by Gasteiger charge is 2.43. The van der Waals surface area contributed by atoms with Gasteiger partial charge in [0, 0.05) is 24.2 Å². The van der Waals surface area contributed by atoms with Crippen LogP contribution < -0.4 is 10.4 Å². The van der Waals surface area contributed by atoms with Crippen LogP contribution in [0.4, 0.5) is 0 Å². The molecule has 0 amide bonds. The summed E-state index contributed by atoms with van der Waals surface area (Å²) < 4.78 is 1.69. The molecule has 5 heteroatoms. The van der Waals surface area contributed by atoms with E-state index in [9.17, 15) is 14.7 Å². The first kappa shape index (κ1) is 18.7. The normalized spacial score (nSPS) is 17.7. The number of Topliss-reactive ketones (excluding diaryl/α,β-unsaturated/α-hetero) is 1. The molecule has 2 aliphatic rings. The second kappa shape index (κ2) is 6.59. The molecule has 0 saturated heterocycles. The molecule has 0 unspecified atom stereocenters. The second-order valence-electron chi connectivity index (χ2n) is 8.83. The van der Waals surface area contributed by atoms with Gasteiger partial charge in [0.15, 0.2) is 17.2 Å². The topological polar surface area (TPSA) is 62.5 Å². The summed E-state index contributed by atoms with van der Waals surface area (Å²) in [5.41, 5.74) is 3.72. The SMILES string of the molecule is CC1(C)CN(C2c3ccccc3CCc3ccccc32)n2ccc(=O)c(O)c2C1=O. The highest BCUT2D eigenvalue weighted by atomic mass is 16.3. The van der Waals surface area contributed by atoms with Crippen LogP contribution in [0, 0.1) is 5.41 Å². The first-order valence-electron chi connectivity index (χ1n) is 10.3. The lowest BCUT2D eigenvalue weighted by Gasteiger charge is -2.45. The summed E-state index contributed by atoms with van der Waals surface area (Å²) in [7, 11) is 0. The third-order valence-corrected chi connectivity index (χ3v) is 6.38. The van der Waals surface area contributed by atoms with Gasteiger partial charge < -0.3 is 5.11 Å². The van der Waals surface area contributed by atoms with Crippen molar-refractivity contribution in [3.63, 3.8) is 0 Å². The number of carbonyl (C=O) groups excluding carboxylic acids is 1. The summed E-state index contributed by atoms with van der Waals surface area (Å²) in [4.78, 5) is 25.3. The number of nitrogens with zero attached hydrogens (tertiary/aromatic N) is 2. The standard InChI is InChI=1S/C25H24N2O3/c1-25(2)15-27(26-14-13-20(28)23(29)22(26)24(25)30)21-18-9-5-3-7-16(18)11-12-17-8-4-6-10-19(17)21/h3-10,13-14,21,29H,11-12,15H2,1-2H3. The Morgan fingerprint density at radius 2 is 1.47 bits per heavy atom. The predicted molar refractivity (Wildman–Crippen MR) is 116 cm³/mol. The second-order valence-corrected chi connectivity index (χ2v) is 8.83. The van der Waals surface area contributed by atoms with Crippen LogP contribution in [0.2, 0.25) is 0 Å². The van der Waals surface area contributed by atoms with Crippen LogP contribution in [0.5, 0.6) is 5.75 Å². The highest BCUT2D eigenvalue weighted by molar-refractivity contribution is 6.02. The van der Waals surface area contributed by atoms with Gasteiger partial charge in [-0.15, -0.1) is 0 Å². The Bertz CT molecular complexity index is 1180. The zero-order chi connectivity index (χ0) is 21.0. The number of carbonyl (C=O) groups is 1. The molecule has 0 radical (unpaired) electrons. The molecular weight excluding hydrogens is 376 g/mol. The molecule has 30 heavy (non-hydrogen) atoms. The molecule has 1 N–H and O–H groups in total. The van der Waals surface area contributed by atoms with Crippen molar-refractivity contribution < 1.29 is 9.90 Å². The zero-order valence-corrected chi connectivity index (χ0v) is 17.1. The average molecular weight is 400 g/mol. The maximum atomic E-state index is 13.2. The number of aryl methyl sites for hydroxylation is 2. The van der Waals surface area contributed by atoms with E-state index < -0.39 is 16.6 Å². The summed E-state index contributed by atoms with van der Waals surface area (Å²) in [6, 6.07) is 18.0. The van der Waals surface area contributed by atoms with E-state index in [1.807, 2.05) is 26.0 Å². The quantitative estimate of drug-likeness (QED) is 0.678. The minimum atomic E-state index is -0.749. The lowest BCUT2D eigenvalue weighted by atomic mass is 9.82. The van der Waals surface area contributed by atoms with Crippen molar-refractivity contribution in [2.75, 3.05) is 11.6 Å². The number of rotatable bonds is 1. The van der Waals surface area contributed by atoms with Gasteiger partial charge in [0.05, 0.1) is 6.04 Å². The van der Waals surface area contributed by atoms with Crippen LogP contribution in [0.25, 0.3) is 0 Å². The van der Waals surface area contributed by atoms with Crippen molar-refractivity contribution >= 4 is 5.78 Å². The maximum Gasteiger partial charge on any atom is 0.224 e. The van der Waals surface area contributed by atoms with E-state index in [0.29, 0.717) is 6.54 Å². The summed E-state index contributed by atoms with van der Waals surface area (Å²) in [5.74, 6) is -0.695. The fraction of sp³-hybridized carbons (Fsp3) is 0.280. The fourth-order valence-electron chi connectivity index (χ4n) is 4.85. The van der Waals surface area contributed by atoms with Crippen molar-refractivity contribution in [1.82, 2.24) is 4.68 Å². The van der Waals surface area contributed by atoms with E-state index in [1.165, 1.54) is 28.3 Å². The Hall–Kier alpha value is -3.34. The highest BCUT2D eigenvalue weighted by Crippen LogP contribution is 2.41. The maximum absolute atomic E-state index is 13.2. The molecule has 152 valence electrons. The molecule has 5 rings (SSSR count). The van der Waals surface area contributed by atoms with E-state index in [4.69, 9.17) is 0 Å². The molecular formula is C25H24N2O3. The molecule has 0 bridgehead atoms. The number of hydrogen-bond acceptors (Lipinski definition) is 4. The molecule has 0 atom stereocenters. The zero-order valence-electron chi connectivity index (χ0n) is 17.1. The summed E-state index contributed by atoms with van der Waals surface area (Å²) in [6.45, 7) is 4.21. The first-order valence-corrected chi connectivity index (χ1v) is 10.3. The molecule has 5 nitrogen and oxygen atoms in total. The minimum absolute atomic E-state index is 0.0676. The van der Waals surface area contributed by atoms with Gasteiger partial charge in [-0.2, -0.15) is 0 Å². The van der Waals surface area contributed by atoms with Crippen LogP contribution in [-0.4, -0.2) is 22.1 Å². The van der Waals surface area contributed by atoms with Crippen molar-refractivity contribution in [2.24, 2.45) is 5.41 Å². The molecule has 2 heterocycles. The van der Waals surface area contributed by atoms with Gasteiger partial charge in [-0.05, 0) is 35.1 Å². The molecule has 0 spiro atoms. The van der Waals surface area contributed by atoms with Gasteiger partial charge in [-0.3, -0.25) is 19.3 Å². The summed E-state index contributed by atoms with van der Waals surface area (Å²) >= 11 is 0. The third-order valence-electron chi connectivity index (χ3n) is 6.38. The van der Waals surface area contributed by atoms with E-state index in [1.54, 1.807) is 10.9 Å². The summed E-state index contributed by atoms with van der Waals surface area (Å²) in [5, 5.41) is 12.7. The van der Waals surface area contributed by atoms with Gasteiger partial charge in [0.25, 0.3) is 0 Å². The number of aromatic hydroxyl groups is 1. The van der Waals surface area contributed by atoms with Crippen molar-refractivity contribution in [3.8, 4) is 5.75 Å². The Labute approximate surface area is 175 Å². The van der Waals surface area contributed by atoms with E-state index in [-0.39, 0.29) is 17.5 Å². The number of aromatic nitrogens is 1. The Morgan fingerprint density at radius 1 is 0.900 bits per heavy atom. The number of hydrogen-bond donors (Lipinski definition) is 1. The van der Waals surface area contributed by atoms with Crippen LogP contribution in [-0.2, 0) is 12.8 Å². The number of fused-ring (bicyclic) bond motifs is 3. The monoisotopic (exact) mass is 400 g/mol. The van der Waals surface area contributed by atoms with Gasteiger partial charge in [-0.1, -0.05) is 62.4 Å². The largest absolute Gasteiger partial charge is 0.503 e. The van der Waals surface area contributed by atoms with E-state index >= 15 is 0 Å². The van der Waals surface area contributed by atoms with Crippen molar-refractivity contribution in [1.29, 1.82) is 0 Å². The lowest BCUT2D eigenvalue weighted by Crippen LogP contribution is -2.54. The lowest BCUT2D eigenvalue weighted by molar-refractivity contribution is 0.0786. The van der Waals surface area contributed by atoms with E-state index in [2.05, 4.69) is 41.4 Å². The third kappa shape index (κ3) is 2.69. The van der Waals surface area contributed by atoms with Gasteiger partial charge >= 0.3 is 0 Å². The number of ketones is 1. The Kier molecular flexibility index (Phi) is 4.10. The van der Waals surface area contributed by atoms with Crippen molar-refractivity contribution in [2.45, 2.75) is 32.7 Å². The molecule has 0 fully saturated rings. The molecule has 2 aromatic carbocycles. The molecule has 1 aliphatic heterocycles. The predicted octanol–water partition coefficient (Wildman–Crippen LogP) is 3.60. The number of pyridine rings is 1. The van der Waals surface area contributed by atoms with Gasteiger partial charge in [0.1, 0.15) is 0 Å². The molecule has 0 saturated carbocycles. The van der Waals surface area contributed by atoms with Crippen LogP contribution in [0.15, 0.2) is 65.6 Å². The van der Waals surface area contributed by atoms with Crippen LogP contribution in [0.1, 0.15) is 52.6 Å². The van der Waals surface area contributed by atoms with Crippen LogP contribution >= 0.6 is 0 Å². The molecule has 1 aliphatic carbocycles. The van der Waals surface area contributed by atoms with Crippen molar-refractivity contribution in [3.05, 3.63) is 99.0 Å². The smallest absolute Gasteiger partial charge is 0.224 e. The molecule has 3 aromatic rings. The molecule has 1 aromatic heterocycles. The Balaban J connectivity index is 1.81. The van der Waals surface area contributed by atoms with E-state index in [0.717, 1.165) is 12.8 Å². The first-order chi connectivity index (χ1) is 14.4.